The van der Waals surface area contributed by atoms with Gasteiger partial charge in [0.2, 0.25) is 5.91 Å². The van der Waals surface area contributed by atoms with Crippen LogP contribution in [-0.2, 0) is 16.1 Å². The smallest absolute Gasteiger partial charge is 0.270 e. The number of amides is 4. The van der Waals surface area contributed by atoms with E-state index in [-0.39, 0.29) is 40.9 Å². The Bertz CT molecular complexity index is 2120. The number of non-ortho nitro benzene ring substituents is 1. The van der Waals surface area contributed by atoms with Crippen LogP contribution in [0.1, 0.15) is 44.3 Å². The monoisotopic (exact) mass is 624 g/mol. The maximum atomic E-state index is 13.9. The standard InChI is InChI=1S/C35H24N6O6/c1-20(42)40-30-15-14-25(41(46)47)16-28(30)31(35(40)45)32(38-24-12-10-22(11-13-24)29-17-36-19-37-29)23-8-6-21(7-9-23)18-39-33(43)26-4-2-3-5-27(26)34(39)44/h2-17,19,38H,18H2,1H3,(H,36,37). The van der Waals surface area contributed by atoms with Gasteiger partial charge >= 0.3 is 0 Å². The van der Waals surface area contributed by atoms with E-state index in [0.717, 1.165) is 16.2 Å². The first kappa shape index (κ1) is 29.0. The zero-order chi connectivity index (χ0) is 32.8. The number of aromatic amines is 1. The highest BCUT2D eigenvalue weighted by Gasteiger charge is 2.39. The summed E-state index contributed by atoms with van der Waals surface area (Å²) in [6, 6.07) is 24.8. The molecule has 2 N–H and O–H groups in total. The number of rotatable bonds is 7. The van der Waals surface area contributed by atoms with Crippen molar-refractivity contribution in [3.05, 3.63) is 141 Å². The van der Waals surface area contributed by atoms with Crippen molar-refractivity contribution in [2.24, 2.45) is 0 Å². The molecule has 1 aromatic heterocycles. The predicted octanol–water partition coefficient (Wildman–Crippen LogP) is 5.65. The number of nitro groups is 1. The summed E-state index contributed by atoms with van der Waals surface area (Å²) >= 11 is 0. The van der Waals surface area contributed by atoms with Crippen molar-refractivity contribution in [3.8, 4) is 11.3 Å². The van der Waals surface area contributed by atoms with Crippen molar-refractivity contribution in [1.29, 1.82) is 0 Å². The van der Waals surface area contributed by atoms with Gasteiger partial charge in [-0.3, -0.25) is 34.2 Å². The first-order chi connectivity index (χ1) is 22.7. The molecule has 0 atom stereocenters. The highest BCUT2D eigenvalue weighted by atomic mass is 16.6. The predicted molar refractivity (Wildman–Crippen MR) is 173 cm³/mol. The largest absolute Gasteiger partial charge is 0.354 e. The molecule has 12 nitrogen and oxygen atoms in total. The van der Waals surface area contributed by atoms with Crippen LogP contribution in [0.2, 0.25) is 0 Å². The zero-order valence-electron chi connectivity index (χ0n) is 24.8. The van der Waals surface area contributed by atoms with Crippen LogP contribution in [0.4, 0.5) is 17.1 Å². The third-order valence-corrected chi connectivity index (χ3v) is 8.09. The molecule has 47 heavy (non-hydrogen) atoms. The molecule has 4 amide bonds. The van der Waals surface area contributed by atoms with E-state index in [1.54, 1.807) is 73.2 Å². The van der Waals surface area contributed by atoms with E-state index >= 15 is 0 Å². The Morgan fingerprint density at radius 2 is 1.55 bits per heavy atom. The Labute approximate surface area is 267 Å². The van der Waals surface area contributed by atoms with Gasteiger partial charge in [0.05, 0.1) is 51.6 Å². The van der Waals surface area contributed by atoms with Crippen molar-refractivity contribution in [1.82, 2.24) is 14.9 Å². The molecule has 7 rings (SSSR count). The van der Waals surface area contributed by atoms with E-state index in [4.69, 9.17) is 0 Å². The fourth-order valence-electron chi connectivity index (χ4n) is 5.83. The van der Waals surface area contributed by atoms with Gasteiger partial charge in [-0.05, 0) is 41.5 Å². The highest BCUT2D eigenvalue weighted by molar-refractivity contribution is 6.43. The Hall–Kier alpha value is -6.69. The van der Waals surface area contributed by atoms with E-state index in [9.17, 15) is 29.3 Å². The molecule has 12 heteroatoms. The number of hydrogen-bond acceptors (Lipinski definition) is 8. The van der Waals surface area contributed by atoms with Gasteiger partial charge in [-0.25, -0.2) is 9.88 Å². The number of nitro benzene ring substituents is 1. The average molecular weight is 625 g/mol. The lowest BCUT2D eigenvalue weighted by atomic mass is 9.98. The number of H-pyrrole nitrogens is 1. The van der Waals surface area contributed by atoms with Gasteiger partial charge in [-0.15, -0.1) is 0 Å². The molecule has 0 bridgehead atoms. The Balaban J connectivity index is 1.30. The maximum absolute atomic E-state index is 13.9. The van der Waals surface area contributed by atoms with Crippen LogP contribution in [0.15, 0.2) is 104 Å². The van der Waals surface area contributed by atoms with Crippen LogP contribution in [-0.4, -0.2) is 43.4 Å². The molecule has 2 aliphatic heterocycles. The average Bonchev–Trinajstić information content (AvgIpc) is 3.77. The van der Waals surface area contributed by atoms with Crippen LogP contribution < -0.4 is 10.2 Å². The molecule has 0 radical (unpaired) electrons. The SMILES string of the molecule is CC(=O)N1C(=O)C(=C(Nc2ccc(-c3c[nH]cn3)cc2)c2ccc(CN3C(=O)c4ccccc4C3=O)cc2)c2cc([N+](=O)[O-])ccc21. The second-order valence-corrected chi connectivity index (χ2v) is 11.0. The maximum Gasteiger partial charge on any atom is 0.270 e. The van der Waals surface area contributed by atoms with Crippen LogP contribution in [0.5, 0.6) is 0 Å². The van der Waals surface area contributed by atoms with Crippen molar-refractivity contribution in [3.63, 3.8) is 0 Å². The van der Waals surface area contributed by atoms with Crippen molar-refractivity contribution in [2.75, 3.05) is 10.2 Å². The molecular formula is C35H24N6O6. The number of hydrogen-bond donors (Lipinski definition) is 2. The van der Waals surface area contributed by atoms with Gasteiger partial charge in [0.15, 0.2) is 0 Å². The first-order valence-electron chi connectivity index (χ1n) is 14.5. The summed E-state index contributed by atoms with van der Waals surface area (Å²) < 4.78 is 0. The number of carbonyl (C=O) groups is 4. The van der Waals surface area contributed by atoms with Gasteiger partial charge < -0.3 is 10.3 Å². The molecule has 230 valence electrons. The summed E-state index contributed by atoms with van der Waals surface area (Å²) in [6.45, 7) is 1.29. The van der Waals surface area contributed by atoms with Crippen LogP contribution >= 0.6 is 0 Å². The van der Waals surface area contributed by atoms with E-state index < -0.39 is 16.7 Å². The number of carbonyl (C=O) groups excluding carboxylic acids is 4. The third kappa shape index (κ3) is 5.03. The van der Waals surface area contributed by atoms with Gasteiger partial charge in [-0.2, -0.15) is 0 Å². The van der Waals surface area contributed by atoms with Gasteiger partial charge in [-0.1, -0.05) is 48.5 Å². The van der Waals surface area contributed by atoms with Crippen LogP contribution in [0.25, 0.3) is 22.5 Å². The quantitative estimate of drug-likeness (QED) is 0.102. The minimum Gasteiger partial charge on any atom is -0.354 e. The number of fused-ring (bicyclic) bond motifs is 2. The molecule has 0 spiro atoms. The van der Waals surface area contributed by atoms with Crippen molar-refractivity contribution >= 4 is 52.0 Å². The number of anilines is 2. The van der Waals surface area contributed by atoms with Crippen LogP contribution in [0.3, 0.4) is 0 Å². The summed E-state index contributed by atoms with van der Waals surface area (Å²) in [6.07, 6.45) is 3.34. The molecule has 0 saturated carbocycles. The van der Waals surface area contributed by atoms with Crippen molar-refractivity contribution < 1.29 is 24.1 Å². The Morgan fingerprint density at radius 1 is 0.872 bits per heavy atom. The molecule has 0 unspecified atom stereocenters. The minimum atomic E-state index is -0.640. The number of imidazole rings is 1. The number of nitrogens with one attached hydrogen (secondary N) is 2. The molecule has 0 fully saturated rings. The summed E-state index contributed by atoms with van der Waals surface area (Å²) in [7, 11) is 0. The molecule has 2 aliphatic rings. The first-order valence-corrected chi connectivity index (χ1v) is 14.5. The normalized spacial score (nSPS) is 14.7. The topological polar surface area (TPSA) is 159 Å². The number of imide groups is 2. The van der Waals surface area contributed by atoms with Gasteiger partial charge in [0.1, 0.15) is 0 Å². The Morgan fingerprint density at radius 3 is 2.15 bits per heavy atom. The summed E-state index contributed by atoms with van der Waals surface area (Å²) in [5, 5.41) is 15.0. The summed E-state index contributed by atoms with van der Waals surface area (Å²) in [5.74, 6) is -1.94. The molecule has 0 aliphatic carbocycles. The van der Waals surface area contributed by atoms with E-state index in [0.29, 0.717) is 33.6 Å². The number of nitrogens with zero attached hydrogens (tertiary/aromatic N) is 4. The fraction of sp³-hybridized carbons (Fsp3) is 0.0571. The summed E-state index contributed by atoms with van der Waals surface area (Å²) in [5.41, 5.74) is 4.69. The highest BCUT2D eigenvalue weighted by Crippen LogP contribution is 2.43. The molecule has 3 heterocycles. The lowest BCUT2D eigenvalue weighted by Gasteiger charge is -2.17. The van der Waals surface area contributed by atoms with E-state index in [2.05, 4.69) is 15.3 Å². The van der Waals surface area contributed by atoms with Crippen molar-refractivity contribution in [2.45, 2.75) is 13.5 Å². The number of benzene rings is 4. The second kappa shape index (κ2) is 11.3. The van der Waals surface area contributed by atoms with Gasteiger partial charge in [0, 0.05) is 42.1 Å². The minimum absolute atomic E-state index is 0.0344. The lowest BCUT2D eigenvalue weighted by Crippen LogP contribution is -2.31. The third-order valence-electron chi connectivity index (χ3n) is 8.09. The molecule has 5 aromatic rings. The lowest BCUT2D eigenvalue weighted by molar-refractivity contribution is -0.384. The molecule has 4 aromatic carbocycles. The van der Waals surface area contributed by atoms with Gasteiger partial charge in [0.25, 0.3) is 23.4 Å². The fourth-order valence-corrected chi connectivity index (χ4v) is 5.83. The van der Waals surface area contributed by atoms with E-state index in [1.165, 1.54) is 30.0 Å². The summed E-state index contributed by atoms with van der Waals surface area (Å²) in [4.78, 5) is 73.0. The molecular weight excluding hydrogens is 600 g/mol. The van der Waals surface area contributed by atoms with E-state index in [1.807, 2.05) is 12.1 Å². The Kier molecular flexibility index (Phi) is 7.01. The second-order valence-electron chi connectivity index (χ2n) is 11.0. The molecule has 0 saturated heterocycles. The van der Waals surface area contributed by atoms with Crippen LogP contribution in [0, 0.1) is 10.1 Å². The zero-order valence-corrected chi connectivity index (χ0v) is 24.8. The number of aromatic nitrogens is 2.